The SMILES string of the molecule is CCc1ccc2ccnc(CC(C)(C)CN)c2c1. The summed E-state index contributed by atoms with van der Waals surface area (Å²) in [7, 11) is 0. The monoisotopic (exact) mass is 242 g/mol. The molecule has 2 nitrogen and oxygen atoms in total. The van der Waals surface area contributed by atoms with Crippen LogP contribution in [-0.4, -0.2) is 11.5 Å². The highest BCUT2D eigenvalue weighted by Crippen LogP contribution is 2.25. The molecule has 0 atom stereocenters. The molecular formula is C16H22N2. The Bertz CT molecular complexity index is 544. The van der Waals surface area contributed by atoms with Gasteiger partial charge in [0.05, 0.1) is 0 Å². The second kappa shape index (κ2) is 5.07. The van der Waals surface area contributed by atoms with Gasteiger partial charge in [-0.1, -0.05) is 32.9 Å². The lowest BCUT2D eigenvalue weighted by atomic mass is 9.86. The molecule has 0 saturated heterocycles. The number of hydrogen-bond acceptors (Lipinski definition) is 2. The largest absolute Gasteiger partial charge is 0.330 e. The van der Waals surface area contributed by atoms with Gasteiger partial charge in [0.2, 0.25) is 0 Å². The Morgan fingerprint density at radius 3 is 2.67 bits per heavy atom. The summed E-state index contributed by atoms with van der Waals surface area (Å²) in [5.74, 6) is 0. The first-order valence-electron chi connectivity index (χ1n) is 6.62. The van der Waals surface area contributed by atoms with E-state index in [1.165, 1.54) is 22.0 Å². The van der Waals surface area contributed by atoms with Crippen molar-refractivity contribution in [3.63, 3.8) is 0 Å². The van der Waals surface area contributed by atoms with Crippen LogP contribution in [0.1, 0.15) is 32.0 Å². The Morgan fingerprint density at radius 2 is 2.00 bits per heavy atom. The van der Waals surface area contributed by atoms with E-state index in [-0.39, 0.29) is 5.41 Å². The van der Waals surface area contributed by atoms with Crippen molar-refractivity contribution in [1.29, 1.82) is 0 Å². The van der Waals surface area contributed by atoms with Crippen LogP contribution in [0.3, 0.4) is 0 Å². The van der Waals surface area contributed by atoms with Crippen molar-refractivity contribution < 1.29 is 0 Å². The van der Waals surface area contributed by atoms with Gasteiger partial charge in [-0.25, -0.2) is 0 Å². The second-order valence-corrected chi connectivity index (χ2v) is 5.71. The molecule has 2 heteroatoms. The van der Waals surface area contributed by atoms with E-state index in [0.717, 1.165) is 12.8 Å². The lowest BCUT2D eigenvalue weighted by molar-refractivity contribution is 0.374. The van der Waals surface area contributed by atoms with Crippen molar-refractivity contribution in [3.8, 4) is 0 Å². The molecule has 96 valence electrons. The summed E-state index contributed by atoms with van der Waals surface area (Å²) in [6.45, 7) is 7.24. The van der Waals surface area contributed by atoms with Crippen molar-refractivity contribution in [3.05, 3.63) is 41.7 Å². The molecule has 0 saturated carbocycles. The maximum atomic E-state index is 5.83. The molecule has 1 aromatic carbocycles. The normalized spacial score (nSPS) is 12.0. The van der Waals surface area contributed by atoms with Crippen molar-refractivity contribution in [2.75, 3.05) is 6.54 Å². The summed E-state index contributed by atoms with van der Waals surface area (Å²) in [5.41, 5.74) is 8.46. The minimum absolute atomic E-state index is 0.101. The molecule has 2 N–H and O–H groups in total. The summed E-state index contributed by atoms with van der Waals surface area (Å²) in [6, 6.07) is 8.73. The molecule has 0 fully saturated rings. The molecule has 1 heterocycles. The summed E-state index contributed by atoms with van der Waals surface area (Å²) >= 11 is 0. The molecule has 0 amide bonds. The highest BCUT2D eigenvalue weighted by Gasteiger charge is 2.18. The third-order valence-corrected chi connectivity index (χ3v) is 3.52. The van der Waals surface area contributed by atoms with Crippen LogP contribution in [0.2, 0.25) is 0 Å². The van der Waals surface area contributed by atoms with E-state index in [2.05, 4.69) is 50.0 Å². The molecular weight excluding hydrogens is 220 g/mol. The number of hydrogen-bond donors (Lipinski definition) is 1. The highest BCUT2D eigenvalue weighted by molar-refractivity contribution is 5.85. The van der Waals surface area contributed by atoms with E-state index in [1.54, 1.807) is 0 Å². The zero-order valence-corrected chi connectivity index (χ0v) is 11.5. The second-order valence-electron chi connectivity index (χ2n) is 5.71. The summed E-state index contributed by atoms with van der Waals surface area (Å²) in [6.07, 6.45) is 3.88. The minimum Gasteiger partial charge on any atom is -0.330 e. The molecule has 0 aliphatic heterocycles. The zero-order chi connectivity index (χ0) is 13.2. The van der Waals surface area contributed by atoms with Crippen LogP contribution in [0.4, 0.5) is 0 Å². The summed E-state index contributed by atoms with van der Waals surface area (Å²) in [4.78, 5) is 4.56. The van der Waals surface area contributed by atoms with Gasteiger partial charge in [-0.3, -0.25) is 4.98 Å². The Labute approximate surface area is 109 Å². The van der Waals surface area contributed by atoms with Gasteiger partial charge in [-0.05, 0) is 47.9 Å². The van der Waals surface area contributed by atoms with E-state index < -0.39 is 0 Å². The average molecular weight is 242 g/mol. The van der Waals surface area contributed by atoms with Gasteiger partial charge in [0, 0.05) is 17.3 Å². The predicted octanol–water partition coefficient (Wildman–Crippen LogP) is 3.32. The first-order chi connectivity index (χ1) is 8.55. The van der Waals surface area contributed by atoms with Gasteiger partial charge in [-0.15, -0.1) is 0 Å². The topological polar surface area (TPSA) is 38.9 Å². The number of fused-ring (bicyclic) bond motifs is 1. The lowest BCUT2D eigenvalue weighted by Gasteiger charge is -2.22. The number of rotatable bonds is 4. The number of pyridine rings is 1. The van der Waals surface area contributed by atoms with Crippen molar-refractivity contribution in [2.45, 2.75) is 33.6 Å². The zero-order valence-electron chi connectivity index (χ0n) is 11.5. The van der Waals surface area contributed by atoms with E-state index in [9.17, 15) is 0 Å². The molecule has 0 aliphatic carbocycles. The fraction of sp³-hybridized carbons (Fsp3) is 0.438. The van der Waals surface area contributed by atoms with Crippen molar-refractivity contribution >= 4 is 10.8 Å². The minimum atomic E-state index is 0.101. The van der Waals surface area contributed by atoms with E-state index >= 15 is 0 Å². The van der Waals surface area contributed by atoms with Crippen LogP contribution in [0.25, 0.3) is 10.8 Å². The fourth-order valence-corrected chi connectivity index (χ4v) is 2.16. The molecule has 0 spiro atoms. The Balaban J connectivity index is 2.49. The number of nitrogens with two attached hydrogens (primary N) is 1. The standard InChI is InChI=1S/C16H22N2/c1-4-12-5-6-13-7-8-18-15(14(13)9-12)10-16(2,3)11-17/h5-9H,4,10-11,17H2,1-3H3. The third kappa shape index (κ3) is 2.70. The lowest BCUT2D eigenvalue weighted by Crippen LogP contribution is -2.26. The van der Waals surface area contributed by atoms with Gasteiger partial charge in [-0.2, -0.15) is 0 Å². The molecule has 18 heavy (non-hydrogen) atoms. The summed E-state index contributed by atoms with van der Waals surface area (Å²) < 4.78 is 0. The van der Waals surface area contributed by atoms with E-state index in [0.29, 0.717) is 6.54 Å². The first-order valence-corrected chi connectivity index (χ1v) is 6.62. The number of nitrogens with zero attached hydrogens (tertiary/aromatic N) is 1. The van der Waals surface area contributed by atoms with E-state index in [1.807, 2.05) is 6.20 Å². The molecule has 0 aliphatic rings. The van der Waals surface area contributed by atoms with Gasteiger partial charge in [0.15, 0.2) is 0 Å². The maximum absolute atomic E-state index is 5.83. The summed E-state index contributed by atoms with van der Waals surface area (Å²) in [5, 5.41) is 2.54. The molecule has 2 aromatic rings. The third-order valence-electron chi connectivity index (χ3n) is 3.52. The van der Waals surface area contributed by atoms with Gasteiger partial charge < -0.3 is 5.73 Å². The van der Waals surface area contributed by atoms with Crippen LogP contribution in [0.5, 0.6) is 0 Å². The average Bonchev–Trinajstić information content (AvgIpc) is 2.38. The van der Waals surface area contributed by atoms with Gasteiger partial charge in [0.25, 0.3) is 0 Å². The quantitative estimate of drug-likeness (QED) is 0.893. The maximum Gasteiger partial charge on any atom is 0.0487 e. The van der Waals surface area contributed by atoms with Crippen LogP contribution >= 0.6 is 0 Å². The Hall–Kier alpha value is -1.41. The van der Waals surface area contributed by atoms with Crippen LogP contribution in [0, 0.1) is 5.41 Å². The molecule has 0 radical (unpaired) electrons. The molecule has 2 rings (SSSR count). The first kappa shape index (κ1) is 13.0. The molecule has 1 aromatic heterocycles. The number of benzene rings is 1. The van der Waals surface area contributed by atoms with Crippen molar-refractivity contribution in [1.82, 2.24) is 4.98 Å². The fourth-order valence-electron chi connectivity index (χ4n) is 2.16. The van der Waals surface area contributed by atoms with Crippen molar-refractivity contribution in [2.24, 2.45) is 11.1 Å². The van der Waals surface area contributed by atoms with Gasteiger partial charge >= 0.3 is 0 Å². The molecule has 0 bridgehead atoms. The van der Waals surface area contributed by atoms with Crippen LogP contribution < -0.4 is 5.73 Å². The highest BCUT2D eigenvalue weighted by atomic mass is 14.7. The number of aryl methyl sites for hydroxylation is 1. The van der Waals surface area contributed by atoms with Gasteiger partial charge in [0.1, 0.15) is 0 Å². The smallest absolute Gasteiger partial charge is 0.0487 e. The van der Waals surface area contributed by atoms with E-state index in [4.69, 9.17) is 5.73 Å². The Morgan fingerprint density at radius 1 is 1.22 bits per heavy atom. The van der Waals surface area contributed by atoms with Crippen LogP contribution in [0.15, 0.2) is 30.5 Å². The van der Waals surface area contributed by atoms with Crippen LogP contribution in [-0.2, 0) is 12.8 Å². The predicted molar refractivity (Wildman–Crippen MR) is 77.7 cm³/mol. The number of aromatic nitrogens is 1. The molecule has 0 unspecified atom stereocenters. The Kier molecular flexibility index (Phi) is 3.67.